The SMILES string of the molecule is COc1ccccc1C(=O)C[C@@]1(O)C(=O)N(Cc2cccc(F)c2)c2ccccc21. The summed E-state index contributed by atoms with van der Waals surface area (Å²) in [5.74, 6) is -1.06. The molecule has 0 radical (unpaired) electrons. The van der Waals surface area contributed by atoms with Crippen LogP contribution in [0.3, 0.4) is 0 Å². The molecule has 0 unspecified atom stereocenters. The number of benzene rings is 3. The van der Waals surface area contributed by atoms with Gasteiger partial charge >= 0.3 is 0 Å². The van der Waals surface area contributed by atoms with E-state index in [4.69, 9.17) is 4.74 Å². The smallest absolute Gasteiger partial charge is 0.264 e. The van der Waals surface area contributed by atoms with E-state index in [1.54, 1.807) is 60.7 Å². The van der Waals surface area contributed by atoms with E-state index in [0.29, 0.717) is 28.1 Å². The van der Waals surface area contributed by atoms with Gasteiger partial charge in [-0.1, -0.05) is 42.5 Å². The number of halogens is 1. The van der Waals surface area contributed by atoms with Crippen molar-refractivity contribution in [3.8, 4) is 5.75 Å². The highest BCUT2D eigenvalue weighted by Gasteiger charge is 2.50. The summed E-state index contributed by atoms with van der Waals surface area (Å²) in [5, 5.41) is 11.4. The summed E-state index contributed by atoms with van der Waals surface area (Å²) < 4.78 is 18.8. The first-order valence-electron chi connectivity index (χ1n) is 9.48. The van der Waals surface area contributed by atoms with Crippen molar-refractivity contribution in [2.45, 2.75) is 18.6 Å². The summed E-state index contributed by atoms with van der Waals surface area (Å²) in [5.41, 5.74) is -0.278. The van der Waals surface area contributed by atoms with E-state index in [-0.39, 0.29) is 6.54 Å². The molecule has 6 heteroatoms. The van der Waals surface area contributed by atoms with E-state index in [1.165, 1.54) is 24.1 Å². The Hall–Kier alpha value is -3.51. The number of ketones is 1. The van der Waals surface area contributed by atoms with Crippen LogP contribution in [0.4, 0.5) is 10.1 Å². The van der Waals surface area contributed by atoms with Gasteiger partial charge in [0.2, 0.25) is 0 Å². The largest absolute Gasteiger partial charge is 0.496 e. The highest BCUT2D eigenvalue weighted by Crippen LogP contribution is 2.43. The fraction of sp³-hybridized carbons (Fsp3) is 0.167. The van der Waals surface area contributed by atoms with E-state index in [0.717, 1.165) is 0 Å². The number of amides is 1. The molecule has 152 valence electrons. The van der Waals surface area contributed by atoms with Gasteiger partial charge in [0.1, 0.15) is 11.6 Å². The zero-order chi connectivity index (χ0) is 21.3. The number of ether oxygens (including phenoxy) is 1. The van der Waals surface area contributed by atoms with Gasteiger partial charge in [-0.2, -0.15) is 0 Å². The summed E-state index contributed by atoms with van der Waals surface area (Å²) in [6.45, 7) is 0.0821. The van der Waals surface area contributed by atoms with Gasteiger partial charge in [-0.05, 0) is 35.9 Å². The lowest BCUT2D eigenvalue weighted by atomic mass is 9.88. The Balaban J connectivity index is 1.69. The monoisotopic (exact) mass is 405 g/mol. The van der Waals surface area contributed by atoms with Crippen LogP contribution in [0.25, 0.3) is 0 Å². The maximum atomic E-state index is 13.6. The number of hydrogen-bond acceptors (Lipinski definition) is 4. The van der Waals surface area contributed by atoms with E-state index in [1.807, 2.05) is 0 Å². The number of anilines is 1. The van der Waals surface area contributed by atoms with E-state index in [2.05, 4.69) is 0 Å². The van der Waals surface area contributed by atoms with E-state index >= 15 is 0 Å². The molecule has 0 bridgehead atoms. The quantitative estimate of drug-likeness (QED) is 0.633. The van der Waals surface area contributed by atoms with Gasteiger partial charge in [-0.3, -0.25) is 9.59 Å². The second-order valence-electron chi connectivity index (χ2n) is 7.20. The predicted molar refractivity (Wildman–Crippen MR) is 110 cm³/mol. The fourth-order valence-corrected chi connectivity index (χ4v) is 3.85. The van der Waals surface area contributed by atoms with Crippen molar-refractivity contribution in [2.24, 2.45) is 0 Å². The minimum Gasteiger partial charge on any atom is -0.496 e. The van der Waals surface area contributed by atoms with Crippen molar-refractivity contribution in [2.75, 3.05) is 12.0 Å². The highest BCUT2D eigenvalue weighted by molar-refractivity contribution is 6.11. The third-order valence-corrected chi connectivity index (χ3v) is 5.29. The van der Waals surface area contributed by atoms with Crippen LogP contribution >= 0.6 is 0 Å². The average Bonchev–Trinajstić information content (AvgIpc) is 2.96. The van der Waals surface area contributed by atoms with Gasteiger partial charge in [0.05, 0.1) is 31.3 Å². The van der Waals surface area contributed by atoms with Crippen LogP contribution in [0.15, 0.2) is 72.8 Å². The minimum absolute atomic E-state index is 0.0821. The van der Waals surface area contributed by atoms with E-state index < -0.39 is 29.5 Å². The second-order valence-corrected chi connectivity index (χ2v) is 7.20. The molecule has 0 spiro atoms. The first kappa shape index (κ1) is 19.8. The third-order valence-electron chi connectivity index (χ3n) is 5.29. The predicted octanol–water partition coefficient (Wildman–Crippen LogP) is 3.84. The van der Waals surface area contributed by atoms with Crippen molar-refractivity contribution >= 4 is 17.4 Å². The molecule has 0 aliphatic carbocycles. The van der Waals surface area contributed by atoms with Crippen LogP contribution in [0.1, 0.15) is 27.9 Å². The molecule has 1 amide bonds. The van der Waals surface area contributed by atoms with Crippen LogP contribution in [0.5, 0.6) is 5.75 Å². The van der Waals surface area contributed by atoms with Crippen molar-refractivity contribution in [1.82, 2.24) is 0 Å². The van der Waals surface area contributed by atoms with Crippen molar-refractivity contribution in [3.05, 3.63) is 95.3 Å². The van der Waals surface area contributed by atoms with Gasteiger partial charge in [-0.15, -0.1) is 0 Å². The molecule has 3 aromatic rings. The number of para-hydroxylation sites is 2. The first-order chi connectivity index (χ1) is 14.4. The summed E-state index contributed by atoms with van der Waals surface area (Å²) >= 11 is 0. The van der Waals surface area contributed by atoms with Crippen molar-refractivity contribution in [1.29, 1.82) is 0 Å². The molecule has 30 heavy (non-hydrogen) atoms. The molecule has 0 fully saturated rings. The molecule has 1 aliphatic heterocycles. The Morgan fingerprint density at radius 1 is 1.07 bits per heavy atom. The summed E-state index contributed by atoms with van der Waals surface area (Å²) in [4.78, 5) is 27.7. The molecule has 3 aromatic carbocycles. The number of nitrogens with zero attached hydrogens (tertiary/aromatic N) is 1. The normalized spacial score (nSPS) is 17.7. The number of Topliss-reactive ketones (excluding diaryl/α,β-unsaturated/α-hetero) is 1. The molecule has 1 atom stereocenters. The maximum absolute atomic E-state index is 13.6. The molecular formula is C24H20FNO4. The Bertz CT molecular complexity index is 1130. The first-order valence-corrected chi connectivity index (χ1v) is 9.48. The second kappa shape index (κ2) is 7.72. The number of carbonyl (C=O) groups is 2. The van der Waals surface area contributed by atoms with Gasteiger partial charge in [-0.25, -0.2) is 4.39 Å². The zero-order valence-electron chi connectivity index (χ0n) is 16.3. The van der Waals surface area contributed by atoms with Crippen LogP contribution in [-0.2, 0) is 16.9 Å². The summed E-state index contributed by atoms with van der Waals surface area (Å²) in [6.07, 6.45) is -0.428. The lowest BCUT2D eigenvalue weighted by Gasteiger charge is -2.23. The van der Waals surface area contributed by atoms with Crippen molar-refractivity contribution in [3.63, 3.8) is 0 Å². The highest BCUT2D eigenvalue weighted by atomic mass is 19.1. The Morgan fingerprint density at radius 3 is 2.57 bits per heavy atom. The topological polar surface area (TPSA) is 66.8 Å². The minimum atomic E-state index is -2.01. The molecule has 0 saturated heterocycles. The Labute approximate surface area is 173 Å². The molecule has 1 N–H and O–H groups in total. The van der Waals surface area contributed by atoms with Crippen LogP contribution in [0, 0.1) is 5.82 Å². The van der Waals surface area contributed by atoms with Gasteiger partial charge in [0, 0.05) is 5.56 Å². The number of aliphatic hydroxyl groups is 1. The Morgan fingerprint density at radius 2 is 1.80 bits per heavy atom. The standard InChI is InChI=1S/C24H20FNO4/c1-30-22-12-5-2-9-18(22)21(27)14-24(29)19-10-3-4-11-20(19)26(23(24)28)15-16-7-6-8-17(25)13-16/h2-13,29H,14-15H2,1H3/t24-/m0/s1. The lowest BCUT2D eigenvalue weighted by molar-refractivity contribution is -0.136. The van der Waals surface area contributed by atoms with Gasteiger partial charge < -0.3 is 14.7 Å². The molecule has 1 heterocycles. The number of hydrogen-bond donors (Lipinski definition) is 1. The molecule has 0 aromatic heterocycles. The van der Waals surface area contributed by atoms with Crippen molar-refractivity contribution < 1.29 is 23.8 Å². The average molecular weight is 405 g/mol. The number of methoxy groups -OCH3 is 1. The molecule has 0 saturated carbocycles. The summed E-state index contributed by atoms with van der Waals surface area (Å²) in [6, 6.07) is 19.4. The van der Waals surface area contributed by atoms with Crippen LogP contribution < -0.4 is 9.64 Å². The number of fused-ring (bicyclic) bond motifs is 1. The molecular weight excluding hydrogens is 385 g/mol. The summed E-state index contributed by atoms with van der Waals surface area (Å²) in [7, 11) is 1.46. The third kappa shape index (κ3) is 3.35. The number of rotatable bonds is 6. The van der Waals surface area contributed by atoms with E-state index in [9.17, 15) is 19.1 Å². The van der Waals surface area contributed by atoms with Crippen LogP contribution in [-0.4, -0.2) is 23.9 Å². The molecule has 1 aliphatic rings. The fourth-order valence-electron chi connectivity index (χ4n) is 3.85. The van der Waals surface area contributed by atoms with Gasteiger partial charge in [0.15, 0.2) is 11.4 Å². The lowest BCUT2D eigenvalue weighted by Crippen LogP contribution is -2.41. The van der Waals surface area contributed by atoms with Crippen LogP contribution in [0.2, 0.25) is 0 Å². The molecule has 4 rings (SSSR count). The zero-order valence-corrected chi connectivity index (χ0v) is 16.3. The maximum Gasteiger partial charge on any atom is 0.264 e. The Kier molecular flexibility index (Phi) is 5.10. The molecule has 5 nitrogen and oxygen atoms in total. The number of carbonyl (C=O) groups excluding carboxylic acids is 2. The van der Waals surface area contributed by atoms with Gasteiger partial charge in [0.25, 0.3) is 5.91 Å².